The van der Waals surface area contributed by atoms with Gasteiger partial charge >= 0.3 is 0 Å². The smallest absolute Gasteiger partial charge is 0.115 e. The summed E-state index contributed by atoms with van der Waals surface area (Å²) < 4.78 is 0. The number of hydrogen-bond acceptors (Lipinski definition) is 2. The van der Waals surface area contributed by atoms with Crippen LogP contribution in [0.2, 0.25) is 0 Å². The number of benzene rings is 1. The zero-order chi connectivity index (χ0) is 12.9. The van der Waals surface area contributed by atoms with Gasteiger partial charge in [-0.3, -0.25) is 0 Å². The van der Waals surface area contributed by atoms with Gasteiger partial charge in [0.2, 0.25) is 0 Å². The topological polar surface area (TPSA) is 23.5 Å². The van der Waals surface area contributed by atoms with Crippen LogP contribution in [-0.4, -0.2) is 29.6 Å². The summed E-state index contributed by atoms with van der Waals surface area (Å²) in [5.41, 5.74) is 0. The molecule has 2 heteroatoms. The highest BCUT2D eigenvalue weighted by molar-refractivity contribution is 5.18. The molecule has 0 aliphatic carbocycles. The van der Waals surface area contributed by atoms with Crippen LogP contribution in [0.15, 0.2) is 30.3 Å². The van der Waals surface area contributed by atoms with Gasteiger partial charge in [0.1, 0.15) is 5.75 Å². The first-order chi connectivity index (χ1) is 8.24. The largest absolute Gasteiger partial charge is 0.508 e. The van der Waals surface area contributed by atoms with Crippen LogP contribution in [-0.2, 0) is 0 Å². The Balaban J connectivity index is 0.000000247. The average molecular weight is 237 g/mol. The molecule has 1 heterocycles. The molecule has 0 atom stereocenters. The van der Waals surface area contributed by atoms with Crippen molar-refractivity contribution in [2.75, 3.05) is 19.6 Å². The van der Waals surface area contributed by atoms with Crippen LogP contribution in [0.1, 0.15) is 40.0 Å². The molecule has 1 aliphatic rings. The van der Waals surface area contributed by atoms with Gasteiger partial charge < -0.3 is 10.0 Å². The van der Waals surface area contributed by atoms with Crippen molar-refractivity contribution in [3.63, 3.8) is 0 Å². The van der Waals surface area contributed by atoms with E-state index in [0.29, 0.717) is 5.75 Å². The van der Waals surface area contributed by atoms with Gasteiger partial charge in [-0.15, -0.1) is 0 Å². The fourth-order valence-electron chi connectivity index (χ4n) is 1.53. The van der Waals surface area contributed by atoms with E-state index in [0.717, 1.165) is 0 Å². The Labute approximate surface area is 106 Å². The Hall–Kier alpha value is -1.02. The standard InChI is InChI=1S/C6H13N.C6H6O.C3H8/c1-2-7-5-3-4-6-7;7-6-4-2-1-3-5-6;1-3-2/h2-6H2,1H3;1-5,7H;3H2,1-2H3. The van der Waals surface area contributed by atoms with Gasteiger partial charge in [0.15, 0.2) is 0 Å². The maximum Gasteiger partial charge on any atom is 0.115 e. The van der Waals surface area contributed by atoms with E-state index in [1.54, 1.807) is 24.3 Å². The van der Waals surface area contributed by atoms with E-state index in [2.05, 4.69) is 25.7 Å². The molecule has 1 fully saturated rings. The number of likely N-dealkylation sites (tertiary alicyclic amines) is 1. The number of rotatable bonds is 1. The van der Waals surface area contributed by atoms with E-state index < -0.39 is 0 Å². The minimum absolute atomic E-state index is 0.322. The summed E-state index contributed by atoms with van der Waals surface area (Å²) >= 11 is 0. The Morgan fingerprint density at radius 2 is 1.47 bits per heavy atom. The first kappa shape index (κ1) is 16.0. The maximum absolute atomic E-state index is 8.63. The van der Waals surface area contributed by atoms with E-state index >= 15 is 0 Å². The van der Waals surface area contributed by atoms with E-state index in [4.69, 9.17) is 5.11 Å². The zero-order valence-corrected chi connectivity index (χ0v) is 11.5. The predicted molar refractivity (Wildman–Crippen MR) is 75.4 cm³/mol. The third-order valence-electron chi connectivity index (χ3n) is 2.40. The second-order valence-corrected chi connectivity index (χ2v) is 4.18. The van der Waals surface area contributed by atoms with Crippen molar-refractivity contribution in [1.82, 2.24) is 4.90 Å². The number of para-hydroxylation sites is 1. The fourth-order valence-corrected chi connectivity index (χ4v) is 1.53. The summed E-state index contributed by atoms with van der Waals surface area (Å²) in [4.78, 5) is 2.49. The summed E-state index contributed by atoms with van der Waals surface area (Å²) in [6.07, 6.45) is 4.10. The van der Waals surface area contributed by atoms with Crippen LogP contribution >= 0.6 is 0 Å². The molecule has 1 N–H and O–H groups in total. The van der Waals surface area contributed by atoms with Gasteiger partial charge in [0.25, 0.3) is 0 Å². The number of nitrogens with zero attached hydrogens (tertiary/aromatic N) is 1. The molecular formula is C15H27NO. The Morgan fingerprint density at radius 3 is 1.71 bits per heavy atom. The second-order valence-electron chi connectivity index (χ2n) is 4.18. The summed E-state index contributed by atoms with van der Waals surface area (Å²) in [5, 5.41) is 8.63. The van der Waals surface area contributed by atoms with Crippen LogP contribution in [0, 0.1) is 0 Å². The number of phenolic OH excluding ortho intramolecular Hbond substituents is 1. The molecule has 0 unspecified atom stereocenters. The summed E-state index contributed by atoms with van der Waals surface area (Å²) in [6.45, 7) is 10.4. The lowest BCUT2D eigenvalue weighted by molar-refractivity contribution is 0.359. The Morgan fingerprint density at radius 1 is 1.00 bits per heavy atom. The quantitative estimate of drug-likeness (QED) is 0.800. The van der Waals surface area contributed by atoms with Gasteiger partial charge in [0.05, 0.1) is 0 Å². The van der Waals surface area contributed by atoms with Crippen molar-refractivity contribution >= 4 is 0 Å². The molecule has 1 aromatic carbocycles. The first-order valence-electron chi connectivity index (χ1n) is 6.70. The molecule has 1 aromatic rings. The zero-order valence-electron chi connectivity index (χ0n) is 11.5. The van der Waals surface area contributed by atoms with Gasteiger partial charge in [-0.05, 0) is 44.6 Å². The molecule has 0 spiro atoms. The predicted octanol–water partition coefficient (Wildman–Crippen LogP) is 3.91. The van der Waals surface area contributed by atoms with E-state index in [9.17, 15) is 0 Å². The molecule has 0 radical (unpaired) electrons. The van der Waals surface area contributed by atoms with Crippen LogP contribution < -0.4 is 0 Å². The van der Waals surface area contributed by atoms with Gasteiger partial charge in [-0.2, -0.15) is 0 Å². The molecule has 0 amide bonds. The maximum atomic E-state index is 8.63. The molecule has 0 bridgehead atoms. The molecular weight excluding hydrogens is 210 g/mol. The lowest BCUT2D eigenvalue weighted by atomic mass is 10.3. The van der Waals surface area contributed by atoms with Crippen LogP contribution in [0.25, 0.3) is 0 Å². The molecule has 17 heavy (non-hydrogen) atoms. The third-order valence-corrected chi connectivity index (χ3v) is 2.40. The summed E-state index contributed by atoms with van der Waals surface area (Å²) in [6, 6.07) is 8.71. The van der Waals surface area contributed by atoms with Gasteiger partial charge in [-0.1, -0.05) is 45.4 Å². The molecule has 98 valence electrons. The Bertz CT molecular complexity index is 242. The minimum atomic E-state index is 0.322. The van der Waals surface area contributed by atoms with E-state index in [-0.39, 0.29) is 0 Å². The summed E-state index contributed by atoms with van der Waals surface area (Å²) in [7, 11) is 0. The molecule has 1 saturated heterocycles. The third kappa shape index (κ3) is 9.88. The monoisotopic (exact) mass is 237 g/mol. The second kappa shape index (κ2) is 11.5. The highest BCUT2D eigenvalue weighted by atomic mass is 16.3. The average Bonchev–Trinajstić information content (AvgIpc) is 2.85. The first-order valence-corrected chi connectivity index (χ1v) is 6.70. The van der Waals surface area contributed by atoms with Gasteiger partial charge in [0, 0.05) is 0 Å². The van der Waals surface area contributed by atoms with Crippen molar-refractivity contribution in [3.05, 3.63) is 30.3 Å². The highest BCUT2D eigenvalue weighted by Crippen LogP contribution is 2.04. The van der Waals surface area contributed by atoms with Crippen LogP contribution in [0.4, 0.5) is 0 Å². The molecule has 2 rings (SSSR count). The van der Waals surface area contributed by atoms with E-state index in [1.165, 1.54) is 38.9 Å². The molecule has 0 aromatic heterocycles. The fraction of sp³-hybridized carbons (Fsp3) is 0.600. The lowest BCUT2D eigenvalue weighted by Gasteiger charge is -2.08. The van der Waals surface area contributed by atoms with Crippen LogP contribution in [0.3, 0.4) is 0 Å². The lowest BCUT2D eigenvalue weighted by Crippen LogP contribution is -2.17. The molecule has 1 aliphatic heterocycles. The summed E-state index contributed by atoms with van der Waals surface area (Å²) in [5.74, 6) is 0.322. The highest BCUT2D eigenvalue weighted by Gasteiger charge is 2.06. The van der Waals surface area contributed by atoms with Gasteiger partial charge in [-0.25, -0.2) is 0 Å². The Kier molecular flexibility index (Phi) is 10.8. The number of hydrogen-bond donors (Lipinski definition) is 1. The SMILES string of the molecule is CCC.CCN1CCCC1.Oc1ccccc1. The molecule has 0 saturated carbocycles. The number of phenols is 1. The van der Waals surface area contributed by atoms with E-state index in [1.807, 2.05) is 6.07 Å². The minimum Gasteiger partial charge on any atom is -0.508 e. The van der Waals surface area contributed by atoms with Crippen molar-refractivity contribution in [3.8, 4) is 5.75 Å². The van der Waals surface area contributed by atoms with Crippen molar-refractivity contribution < 1.29 is 5.11 Å². The van der Waals surface area contributed by atoms with Crippen molar-refractivity contribution in [1.29, 1.82) is 0 Å². The normalized spacial score (nSPS) is 14.3. The van der Waals surface area contributed by atoms with Crippen molar-refractivity contribution in [2.45, 2.75) is 40.0 Å². The molecule has 2 nitrogen and oxygen atoms in total. The number of aromatic hydroxyl groups is 1. The van der Waals surface area contributed by atoms with Crippen LogP contribution in [0.5, 0.6) is 5.75 Å². The van der Waals surface area contributed by atoms with Crippen molar-refractivity contribution in [2.24, 2.45) is 0 Å².